The number of hydrogen-bond donors (Lipinski definition) is 2. The first kappa shape index (κ1) is 12.6. The van der Waals surface area contributed by atoms with Gasteiger partial charge < -0.3 is 15.1 Å². The van der Waals surface area contributed by atoms with E-state index >= 15 is 0 Å². The van der Waals surface area contributed by atoms with E-state index in [-0.39, 0.29) is 6.03 Å². The van der Waals surface area contributed by atoms with E-state index in [1.54, 1.807) is 24.1 Å². The van der Waals surface area contributed by atoms with Crippen LogP contribution in [-0.2, 0) is 6.54 Å². The topological polar surface area (TPSA) is 54.3 Å². The molecule has 1 aromatic carbocycles. The van der Waals surface area contributed by atoms with Crippen molar-refractivity contribution in [3.8, 4) is 0 Å². The smallest absolute Gasteiger partial charge is 0.319 e. The third kappa shape index (κ3) is 3.56. The minimum Gasteiger partial charge on any atom is -0.467 e. The number of urea groups is 1. The number of amides is 2. The maximum atomic E-state index is 11.6. The van der Waals surface area contributed by atoms with Crippen LogP contribution in [0.2, 0.25) is 0 Å². The first-order valence-electron chi connectivity index (χ1n) is 5.49. The molecule has 0 aliphatic rings. The molecule has 1 aromatic heterocycles. The molecule has 2 aromatic rings. The van der Waals surface area contributed by atoms with E-state index in [9.17, 15) is 4.79 Å². The summed E-state index contributed by atoms with van der Waals surface area (Å²) in [6, 6.07) is 11.0. The summed E-state index contributed by atoms with van der Waals surface area (Å²) in [6.45, 7) is 0.377. The summed E-state index contributed by atoms with van der Waals surface area (Å²) in [6.07, 6.45) is 3.59. The van der Waals surface area contributed by atoms with Crippen molar-refractivity contribution in [2.24, 2.45) is 0 Å². The molecular weight excluding hydrogens is 248 g/mol. The molecule has 0 aliphatic heterocycles. The fourth-order valence-corrected chi connectivity index (χ4v) is 1.84. The van der Waals surface area contributed by atoms with Gasteiger partial charge in [-0.05, 0) is 42.7 Å². The fourth-order valence-electron chi connectivity index (χ4n) is 1.43. The van der Waals surface area contributed by atoms with Crippen molar-refractivity contribution < 1.29 is 9.21 Å². The van der Waals surface area contributed by atoms with Crippen LogP contribution in [0.3, 0.4) is 0 Å². The second-order valence-corrected chi connectivity index (χ2v) is 4.50. The van der Waals surface area contributed by atoms with Crippen molar-refractivity contribution in [2.75, 3.05) is 11.6 Å². The summed E-state index contributed by atoms with van der Waals surface area (Å²) in [4.78, 5) is 12.8. The van der Waals surface area contributed by atoms with Crippen LogP contribution in [0.1, 0.15) is 5.76 Å². The van der Waals surface area contributed by atoms with Crippen molar-refractivity contribution in [3.63, 3.8) is 0 Å². The lowest BCUT2D eigenvalue weighted by molar-refractivity contribution is 0.251. The third-order valence-electron chi connectivity index (χ3n) is 2.35. The Morgan fingerprint density at radius 2 is 2.06 bits per heavy atom. The van der Waals surface area contributed by atoms with Gasteiger partial charge in [0.15, 0.2) is 0 Å². The van der Waals surface area contributed by atoms with E-state index in [1.807, 2.05) is 36.6 Å². The summed E-state index contributed by atoms with van der Waals surface area (Å²) in [5, 5.41) is 5.47. The molecule has 0 unspecified atom stereocenters. The Labute approximate surface area is 110 Å². The lowest BCUT2D eigenvalue weighted by Crippen LogP contribution is -2.27. The van der Waals surface area contributed by atoms with Gasteiger partial charge in [-0.2, -0.15) is 0 Å². The molecule has 94 valence electrons. The number of hydrogen-bond acceptors (Lipinski definition) is 3. The largest absolute Gasteiger partial charge is 0.467 e. The van der Waals surface area contributed by atoms with Crippen LogP contribution < -0.4 is 10.6 Å². The molecule has 0 aliphatic carbocycles. The van der Waals surface area contributed by atoms with Gasteiger partial charge in [0.1, 0.15) is 5.76 Å². The van der Waals surface area contributed by atoms with Gasteiger partial charge in [0.05, 0.1) is 12.8 Å². The molecule has 18 heavy (non-hydrogen) atoms. The Hall–Kier alpha value is -1.88. The second kappa shape index (κ2) is 6.16. The molecule has 2 rings (SSSR count). The van der Waals surface area contributed by atoms with E-state index in [1.165, 1.54) is 0 Å². The van der Waals surface area contributed by atoms with Crippen molar-refractivity contribution in [1.82, 2.24) is 5.32 Å². The molecule has 0 saturated heterocycles. The van der Waals surface area contributed by atoms with E-state index in [2.05, 4.69) is 10.6 Å². The number of carbonyl (C=O) groups excluding carboxylic acids is 1. The minimum absolute atomic E-state index is 0.247. The van der Waals surface area contributed by atoms with E-state index < -0.39 is 0 Å². The number of thioether (sulfide) groups is 1. The van der Waals surface area contributed by atoms with Gasteiger partial charge in [-0.25, -0.2) is 4.79 Å². The van der Waals surface area contributed by atoms with Crippen LogP contribution in [0.4, 0.5) is 10.5 Å². The molecule has 4 nitrogen and oxygen atoms in total. The van der Waals surface area contributed by atoms with Crippen molar-refractivity contribution in [2.45, 2.75) is 11.4 Å². The molecule has 2 N–H and O–H groups in total. The van der Waals surface area contributed by atoms with Crippen molar-refractivity contribution in [3.05, 3.63) is 48.4 Å². The first-order valence-corrected chi connectivity index (χ1v) is 6.71. The lowest BCUT2D eigenvalue weighted by atomic mass is 10.3. The Morgan fingerprint density at radius 3 is 2.67 bits per heavy atom. The minimum atomic E-state index is -0.247. The average molecular weight is 262 g/mol. The zero-order chi connectivity index (χ0) is 12.8. The lowest BCUT2D eigenvalue weighted by Gasteiger charge is -2.06. The van der Waals surface area contributed by atoms with Gasteiger partial charge in [0.2, 0.25) is 0 Å². The molecule has 0 radical (unpaired) electrons. The van der Waals surface area contributed by atoms with Crippen molar-refractivity contribution >= 4 is 23.5 Å². The number of benzene rings is 1. The van der Waals surface area contributed by atoms with Gasteiger partial charge in [0.25, 0.3) is 0 Å². The maximum Gasteiger partial charge on any atom is 0.319 e. The van der Waals surface area contributed by atoms with Gasteiger partial charge in [0, 0.05) is 10.6 Å². The average Bonchev–Trinajstić information content (AvgIpc) is 2.90. The van der Waals surface area contributed by atoms with Gasteiger partial charge >= 0.3 is 6.03 Å². The Morgan fingerprint density at radius 1 is 1.28 bits per heavy atom. The highest BCUT2D eigenvalue weighted by Gasteiger charge is 2.02. The first-order chi connectivity index (χ1) is 8.78. The zero-order valence-corrected chi connectivity index (χ0v) is 10.8. The SMILES string of the molecule is CSc1ccc(NC(=O)NCc2ccco2)cc1. The van der Waals surface area contributed by atoms with E-state index in [0.29, 0.717) is 6.54 Å². The van der Waals surface area contributed by atoms with Gasteiger partial charge in [-0.3, -0.25) is 0 Å². The number of furan rings is 1. The van der Waals surface area contributed by atoms with E-state index in [0.717, 1.165) is 16.3 Å². The fraction of sp³-hybridized carbons (Fsp3) is 0.154. The molecular formula is C13H14N2O2S. The highest BCUT2D eigenvalue weighted by atomic mass is 32.2. The zero-order valence-electron chi connectivity index (χ0n) is 9.97. The van der Waals surface area contributed by atoms with E-state index in [4.69, 9.17) is 4.42 Å². The summed E-state index contributed by atoms with van der Waals surface area (Å²) < 4.78 is 5.12. The molecule has 0 fully saturated rings. The molecule has 1 heterocycles. The maximum absolute atomic E-state index is 11.6. The number of rotatable bonds is 4. The van der Waals surface area contributed by atoms with Crippen LogP contribution in [0, 0.1) is 0 Å². The summed E-state index contributed by atoms with van der Waals surface area (Å²) in [5.41, 5.74) is 0.768. The third-order valence-corrected chi connectivity index (χ3v) is 3.09. The number of nitrogens with one attached hydrogen (secondary N) is 2. The van der Waals surface area contributed by atoms with Crippen LogP contribution in [0.15, 0.2) is 52.0 Å². The highest BCUT2D eigenvalue weighted by molar-refractivity contribution is 7.98. The molecule has 5 heteroatoms. The monoisotopic (exact) mass is 262 g/mol. The predicted molar refractivity (Wildman–Crippen MR) is 72.8 cm³/mol. The Bertz CT molecular complexity index is 494. The standard InChI is InChI=1S/C13H14N2O2S/c1-18-12-6-4-10(5-7-12)15-13(16)14-9-11-3-2-8-17-11/h2-8H,9H2,1H3,(H2,14,15,16). The number of carbonyl (C=O) groups is 1. The van der Waals surface area contributed by atoms with Crippen molar-refractivity contribution in [1.29, 1.82) is 0 Å². The summed E-state index contributed by atoms with van der Waals surface area (Å²) >= 11 is 1.66. The van der Waals surface area contributed by atoms with Gasteiger partial charge in [-0.1, -0.05) is 0 Å². The number of anilines is 1. The molecule has 0 bridgehead atoms. The molecule has 0 atom stereocenters. The highest BCUT2D eigenvalue weighted by Crippen LogP contribution is 2.17. The Balaban J connectivity index is 1.83. The Kier molecular flexibility index (Phi) is 4.30. The van der Waals surface area contributed by atoms with Crippen LogP contribution in [-0.4, -0.2) is 12.3 Å². The molecule has 0 saturated carbocycles. The predicted octanol–water partition coefficient (Wildman–Crippen LogP) is 3.32. The van der Waals surface area contributed by atoms with Crippen LogP contribution in [0.25, 0.3) is 0 Å². The quantitative estimate of drug-likeness (QED) is 0.831. The molecule has 2 amide bonds. The second-order valence-electron chi connectivity index (χ2n) is 3.62. The van der Waals surface area contributed by atoms with Gasteiger partial charge in [-0.15, -0.1) is 11.8 Å². The van der Waals surface area contributed by atoms with Crippen LogP contribution in [0.5, 0.6) is 0 Å². The summed E-state index contributed by atoms with van der Waals surface area (Å²) in [7, 11) is 0. The summed E-state index contributed by atoms with van der Waals surface area (Å²) in [5.74, 6) is 0.725. The molecule has 0 spiro atoms. The van der Waals surface area contributed by atoms with Crippen LogP contribution >= 0.6 is 11.8 Å². The normalized spacial score (nSPS) is 10.1.